The highest BCUT2D eigenvalue weighted by Crippen LogP contribution is 2.27. The zero-order valence-corrected chi connectivity index (χ0v) is 12.0. The summed E-state index contributed by atoms with van der Waals surface area (Å²) in [7, 11) is -1.04. The van der Waals surface area contributed by atoms with E-state index in [2.05, 4.69) is 57.7 Å². The van der Waals surface area contributed by atoms with Crippen molar-refractivity contribution in [2.45, 2.75) is 49.8 Å². The smallest absolute Gasteiger partial charge is 0.0571 e. The Balaban J connectivity index is 2.88. The molecule has 0 aromatic heterocycles. The topological polar surface area (TPSA) is 0 Å². The maximum atomic E-state index is 4.55. The van der Waals surface area contributed by atoms with Crippen molar-refractivity contribution in [1.29, 1.82) is 0 Å². The van der Waals surface area contributed by atoms with E-state index in [1.807, 2.05) is 0 Å². The van der Waals surface area contributed by atoms with E-state index in [1.165, 1.54) is 34.6 Å². The molecule has 2 heteroatoms. The fourth-order valence-electron chi connectivity index (χ4n) is 2.19. The van der Waals surface area contributed by atoms with Crippen LogP contribution in [0.1, 0.15) is 26.3 Å². The van der Waals surface area contributed by atoms with Gasteiger partial charge >= 0.3 is 0 Å². The second-order valence-corrected chi connectivity index (χ2v) is 10.3. The SMILES string of the molecule is CC[Si](CC)(CC)Cc1ccccc1S. The molecule has 0 amide bonds. The van der Waals surface area contributed by atoms with Gasteiger partial charge in [-0.3, -0.25) is 0 Å². The van der Waals surface area contributed by atoms with Crippen molar-refractivity contribution in [3.8, 4) is 0 Å². The molecule has 0 saturated heterocycles. The lowest BCUT2D eigenvalue weighted by Crippen LogP contribution is -2.34. The molecule has 0 aliphatic carbocycles. The van der Waals surface area contributed by atoms with Crippen molar-refractivity contribution < 1.29 is 0 Å². The second-order valence-electron chi connectivity index (χ2n) is 4.37. The summed E-state index contributed by atoms with van der Waals surface area (Å²) in [6.07, 6.45) is 0. The Labute approximate surface area is 101 Å². The van der Waals surface area contributed by atoms with Gasteiger partial charge < -0.3 is 0 Å². The van der Waals surface area contributed by atoms with E-state index in [-0.39, 0.29) is 0 Å². The van der Waals surface area contributed by atoms with Gasteiger partial charge in [-0.2, -0.15) is 0 Å². The van der Waals surface area contributed by atoms with Gasteiger partial charge in [-0.1, -0.05) is 57.1 Å². The first-order valence-corrected chi connectivity index (χ1v) is 9.22. The summed E-state index contributed by atoms with van der Waals surface area (Å²) in [5, 5.41) is 0. The largest absolute Gasteiger partial charge is 0.143 e. The summed E-state index contributed by atoms with van der Waals surface area (Å²) in [5.41, 5.74) is 1.46. The molecule has 1 aromatic carbocycles. The van der Waals surface area contributed by atoms with Crippen molar-refractivity contribution in [2.24, 2.45) is 0 Å². The van der Waals surface area contributed by atoms with Crippen LogP contribution in [0, 0.1) is 0 Å². The zero-order valence-electron chi connectivity index (χ0n) is 10.1. The van der Waals surface area contributed by atoms with Crippen LogP contribution in [0.3, 0.4) is 0 Å². The van der Waals surface area contributed by atoms with Crippen LogP contribution in [-0.4, -0.2) is 8.07 Å². The standard InChI is InChI=1S/C13H22SSi/c1-4-15(5-2,6-3)11-12-9-7-8-10-13(12)14/h7-10,14H,4-6,11H2,1-3H3. The first-order chi connectivity index (χ1) is 7.17. The molecule has 15 heavy (non-hydrogen) atoms. The monoisotopic (exact) mass is 238 g/mol. The normalized spacial score (nSPS) is 11.7. The summed E-state index contributed by atoms with van der Waals surface area (Å²) in [4.78, 5) is 1.17. The third kappa shape index (κ3) is 3.12. The summed E-state index contributed by atoms with van der Waals surface area (Å²) in [5.74, 6) is 0. The van der Waals surface area contributed by atoms with Crippen LogP contribution in [0.4, 0.5) is 0 Å². The molecular formula is C13H22SSi. The molecule has 0 N–H and O–H groups in total. The van der Waals surface area contributed by atoms with Gasteiger partial charge in [0, 0.05) is 4.90 Å². The molecular weight excluding hydrogens is 216 g/mol. The Morgan fingerprint density at radius 2 is 1.53 bits per heavy atom. The van der Waals surface area contributed by atoms with Crippen molar-refractivity contribution in [2.75, 3.05) is 0 Å². The lowest BCUT2D eigenvalue weighted by atomic mass is 10.2. The first-order valence-electron chi connectivity index (χ1n) is 5.94. The van der Waals surface area contributed by atoms with Gasteiger partial charge in [-0.25, -0.2) is 0 Å². The second kappa shape index (κ2) is 5.76. The Morgan fingerprint density at radius 3 is 2.00 bits per heavy atom. The lowest BCUT2D eigenvalue weighted by Gasteiger charge is -2.28. The molecule has 1 rings (SSSR count). The Bertz CT molecular complexity index is 297. The van der Waals surface area contributed by atoms with E-state index in [0.29, 0.717) is 0 Å². The fourth-order valence-corrected chi connectivity index (χ4v) is 5.94. The molecule has 0 atom stereocenters. The highest BCUT2D eigenvalue weighted by atomic mass is 32.1. The van der Waals surface area contributed by atoms with Gasteiger partial charge in [0.15, 0.2) is 0 Å². The number of rotatable bonds is 5. The van der Waals surface area contributed by atoms with Crippen LogP contribution in [0.5, 0.6) is 0 Å². The van der Waals surface area contributed by atoms with Gasteiger partial charge in [0.2, 0.25) is 0 Å². The molecule has 84 valence electrons. The minimum Gasteiger partial charge on any atom is -0.143 e. The van der Waals surface area contributed by atoms with Crippen LogP contribution in [0.15, 0.2) is 29.2 Å². The maximum Gasteiger partial charge on any atom is 0.0571 e. The average molecular weight is 238 g/mol. The van der Waals surface area contributed by atoms with Gasteiger partial charge in [-0.05, 0) is 17.7 Å². The lowest BCUT2D eigenvalue weighted by molar-refractivity contribution is 1.08. The van der Waals surface area contributed by atoms with Crippen molar-refractivity contribution >= 4 is 20.7 Å². The number of thiol groups is 1. The Hall–Kier alpha value is -0.213. The van der Waals surface area contributed by atoms with E-state index in [9.17, 15) is 0 Å². The van der Waals surface area contributed by atoms with Crippen LogP contribution in [0.25, 0.3) is 0 Å². The predicted octanol–water partition coefficient (Wildman–Crippen LogP) is 4.57. The van der Waals surface area contributed by atoms with Crippen molar-refractivity contribution in [3.63, 3.8) is 0 Å². The summed E-state index contributed by atoms with van der Waals surface area (Å²) < 4.78 is 0. The summed E-state index contributed by atoms with van der Waals surface area (Å²) in [6, 6.07) is 14.0. The zero-order chi connectivity index (χ0) is 11.3. The molecule has 0 bridgehead atoms. The number of hydrogen-bond donors (Lipinski definition) is 1. The third-order valence-electron chi connectivity index (χ3n) is 3.81. The quantitative estimate of drug-likeness (QED) is 0.564. The van der Waals surface area contributed by atoms with Gasteiger partial charge in [0.1, 0.15) is 0 Å². The minimum atomic E-state index is -1.04. The number of benzene rings is 1. The third-order valence-corrected chi connectivity index (χ3v) is 9.87. The average Bonchev–Trinajstić information content (AvgIpc) is 2.29. The summed E-state index contributed by atoms with van der Waals surface area (Å²) in [6.45, 7) is 7.08. The van der Waals surface area contributed by atoms with E-state index in [1.54, 1.807) is 0 Å². The Morgan fingerprint density at radius 1 is 1.00 bits per heavy atom. The van der Waals surface area contributed by atoms with E-state index in [0.717, 1.165) is 0 Å². The molecule has 0 nitrogen and oxygen atoms in total. The van der Waals surface area contributed by atoms with Crippen molar-refractivity contribution in [3.05, 3.63) is 29.8 Å². The molecule has 0 heterocycles. The van der Waals surface area contributed by atoms with Gasteiger partial charge in [0.25, 0.3) is 0 Å². The van der Waals surface area contributed by atoms with Crippen LogP contribution in [0.2, 0.25) is 18.1 Å². The van der Waals surface area contributed by atoms with Gasteiger partial charge in [0.05, 0.1) is 8.07 Å². The Kier molecular flexibility index (Phi) is 4.93. The van der Waals surface area contributed by atoms with Gasteiger partial charge in [-0.15, -0.1) is 12.6 Å². The molecule has 0 spiro atoms. The molecule has 0 aliphatic rings. The highest BCUT2D eigenvalue weighted by Gasteiger charge is 2.27. The predicted molar refractivity (Wildman–Crippen MR) is 74.6 cm³/mol. The molecule has 1 aromatic rings. The van der Waals surface area contributed by atoms with E-state index >= 15 is 0 Å². The number of hydrogen-bond acceptors (Lipinski definition) is 1. The maximum absolute atomic E-state index is 4.55. The van der Waals surface area contributed by atoms with Crippen molar-refractivity contribution in [1.82, 2.24) is 0 Å². The molecule has 0 radical (unpaired) electrons. The molecule has 0 aliphatic heterocycles. The summed E-state index contributed by atoms with van der Waals surface area (Å²) >= 11 is 4.55. The highest BCUT2D eigenvalue weighted by molar-refractivity contribution is 7.80. The molecule has 0 fully saturated rings. The minimum absolute atomic E-state index is 1.04. The molecule has 0 unspecified atom stereocenters. The van der Waals surface area contributed by atoms with Crippen LogP contribution < -0.4 is 0 Å². The van der Waals surface area contributed by atoms with Crippen LogP contribution >= 0.6 is 12.6 Å². The van der Waals surface area contributed by atoms with E-state index in [4.69, 9.17) is 0 Å². The van der Waals surface area contributed by atoms with E-state index < -0.39 is 8.07 Å². The first kappa shape index (κ1) is 12.9. The fraction of sp³-hybridized carbons (Fsp3) is 0.538. The molecule has 0 saturated carbocycles. The van der Waals surface area contributed by atoms with Crippen LogP contribution in [-0.2, 0) is 6.04 Å².